The molecule has 0 aliphatic rings. The van der Waals surface area contributed by atoms with Crippen LogP contribution >= 0.6 is 15.6 Å². The van der Waals surface area contributed by atoms with Gasteiger partial charge in [0, 0.05) is 25.7 Å². The largest absolute Gasteiger partial charge is 0.472 e. The fourth-order valence-corrected chi connectivity index (χ4v) is 14.3. The minimum Gasteiger partial charge on any atom is -0.462 e. The van der Waals surface area contributed by atoms with Crippen molar-refractivity contribution >= 4 is 39.5 Å². The maximum atomic E-state index is 13.1. The fraction of sp³-hybridized carbons (Fsp3) is 0.951. The van der Waals surface area contributed by atoms with Crippen molar-refractivity contribution in [1.82, 2.24) is 0 Å². The lowest BCUT2D eigenvalue weighted by Gasteiger charge is -2.21. The van der Waals surface area contributed by atoms with Crippen molar-refractivity contribution in [3.63, 3.8) is 0 Å². The second kappa shape index (κ2) is 74.9. The summed E-state index contributed by atoms with van der Waals surface area (Å²) in [4.78, 5) is 72.8. The van der Waals surface area contributed by atoms with Gasteiger partial charge in [-0.1, -0.05) is 388 Å². The predicted octanol–water partition coefficient (Wildman–Crippen LogP) is 24.8. The molecule has 0 aromatic carbocycles. The number of rotatable bonds is 82. The molecule has 0 heterocycles. The van der Waals surface area contributed by atoms with Gasteiger partial charge in [-0.05, 0) is 31.6 Å². The number of phosphoric ester groups is 2. The molecule has 600 valence electrons. The number of hydrogen-bond acceptors (Lipinski definition) is 15. The molecule has 0 spiro atoms. The van der Waals surface area contributed by atoms with E-state index in [1.54, 1.807) is 0 Å². The highest BCUT2D eigenvalue weighted by Gasteiger charge is 2.30. The zero-order valence-corrected chi connectivity index (χ0v) is 67.8. The van der Waals surface area contributed by atoms with Gasteiger partial charge in [0.2, 0.25) is 0 Å². The van der Waals surface area contributed by atoms with Crippen LogP contribution in [0.4, 0.5) is 0 Å². The molecule has 3 N–H and O–H groups in total. The second-order valence-electron chi connectivity index (χ2n) is 30.0. The van der Waals surface area contributed by atoms with Gasteiger partial charge < -0.3 is 33.8 Å². The van der Waals surface area contributed by atoms with Crippen LogP contribution in [-0.4, -0.2) is 96.7 Å². The monoisotopic (exact) mass is 1480 g/mol. The lowest BCUT2D eigenvalue weighted by atomic mass is 10.0. The molecule has 2 unspecified atom stereocenters. The lowest BCUT2D eigenvalue weighted by Crippen LogP contribution is -2.30. The van der Waals surface area contributed by atoms with Crippen molar-refractivity contribution in [3.05, 3.63) is 0 Å². The van der Waals surface area contributed by atoms with E-state index in [1.165, 1.54) is 257 Å². The summed E-state index contributed by atoms with van der Waals surface area (Å²) < 4.78 is 68.5. The Balaban J connectivity index is 5.11. The van der Waals surface area contributed by atoms with Gasteiger partial charge in [0.15, 0.2) is 12.2 Å². The summed E-state index contributed by atoms with van der Waals surface area (Å²) in [5, 5.41) is 10.6. The van der Waals surface area contributed by atoms with Crippen LogP contribution in [0.15, 0.2) is 0 Å². The highest BCUT2D eigenvalue weighted by Crippen LogP contribution is 2.45. The summed E-state index contributed by atoms with van der Waals surface area (Å²) >= 11 is 0. The van der Waals surface area contributed by atoms with Gasteiger partial charge in [-0.25, -0.2) is 9.13 Å². The smallest absolute Gasteiger partial charge is 0.462 e. The highest BCUT2D eigenvalue weighted by atomic mass is 31.2. The zero-order valence-electron chi connectivity index (χ0n) is 66.1. The van der Waals surface area contributed by atoms with E-state index in [1.807, 2.05) is 0 Å². The van der Waals surface area contributed by atoms with Crippen LogP contribution in [0.5, 0.6) is 0 Å². The quantitative estimate of drug-likeness (QED) is 0.0222. The molecule has 0 aromatic rings. The van der Waals surface area contributed by atoms with Crippen molar-refractivity contribution in [1.29, 1.82) is 0 Å². The lowest BCUT2D eigenvalue weighted by molar-refractivity contribution is -0.161. The van der Waals surface area contributed by atoms with Crippen LogP contribution in [0.3, 0.4) is 0 Å². The predicted molar refractivity (Wildman–Crippen MR) is 414 cm³/mol. The summed E-state index contributed by atoms with van der Waals surface area (Å²) in [6, 6.07) is 0. The van der Waals surface area contributed by atoms with Crippen molar-refractivity contribution in [3.8, 4) is 0 Å². The van der Waals surface area contributed by atoms with E-state index in [9.17, 15) is 43.2 Å². The Kier molecular flexibility index (Phi) is 73.5. The number of carbonyl (C=O) groups is 4. The molecule has 0 saturated heterocycles. The number of esters is 4. The molecular formula is C82H160O17P2. The van der Waals surface area contributed by atoms with Crippen LogP contribution in [0.2, 0.25) is 0 Å². The Morgan fingerprint density at radius 3 is 0.673 bits per heavy atom. The molecule has 17 nitrogen and oxygen atoms in total. The van der Waals surface area contributed by atoms with Gasteiger partial charge >= 0.3 is 39.5 Å². The van der Waals surface area contributed by atoms with Crippen molar-refractivity contribution < 1.29 is 80.2 Å². The number of phosphoric acid groups is 2. The summed E-state index contributed by atoms with van der Waals surface area (Å²) in [5.74, 6) is -1.45. The molecule has 0 fully saturated rings. The van der Waals surface area contributed by atoms with Crippen molar-refractivity contribution in [2.45, 2.75) is 457 Å². The first-order valence-electron chi connectivity index (χ1n) is 42.6. The number of aliphatic hydroxyl groups is 1. The number of carbonyl (C=O) groups excluding carboxylic acids is 4. The normalized spacial score (nSPS) is 13.8. The Labute approximate surface area is 619 Å². The van der Waals surface area contributed by atoms with Crippen LogP contribution < -0.4 is 0 Å². The van der Waals surface area contributed by atoms with Crippen molar-refractivity contribution in [2.24, 2.45) is 5.92 Å². The van der Waals surface area contributed by atoms with E-state index in [0.717, 1.165) is 96.3 Å². The average molecular weight is 1480 g/mol. The Morgan fingerprint density at radius 2 is 0.455 bits per heavy atom. The van der Waals surface area contributed by atoms with E-state index >= 15 is 0 Å². The molecule has 0 bridgehead atoms. The third-order valence-corrected chi connectivity index (χ3v) is 21.2. The molecule has 0 aromatic heterocycles. The third-order valence-electron chi connectivity index (χ3n) is 19.3. The van der Waals surface area contributed by atoms with Gasteiger partial charge in [0.05, 0.1) is 26.4 Å². The number of unbranched alkanes of at least 4 members (excludes halogenated alkanes) is 54. The van der Waals surface area contributed by atoms with E-state index in [-0.39, 0.29) is 25.7 Å². The number of ether oxygens (including phenoxy) is 4. The van der Waals surface area contributed by atoms with Gasteiger partial charge in [-0.2, -0.15) is 0 Å². The van der Waals surface area contributed by atoms with E-state index < -0.39 is 97.5 Å². The van der Waals surface area contributed by atoms with Gasteiger partial charge in [-0.15, -0.1) is 0 Å². The maximum Gasteiger partial charge on any atom is 0.472 e. The zero-order chi connectivity index (χ0) is 74.1. The molecule has 0 radical (unpaired) electrons. The summed E-state index contributed by atoms with van der Waals surface area (Å²) in [6.07, 6.45) is 67.3. The summed E-state index contributed by atoms with van der Waals surface area (Å²) in [7, 11) is -9.91. The van der Waals surface area contributed by atoms with Crippen molar-refractivity contribution in [2.75, 3.05) is 39.6 Å². The first-order chi connectivity index (χ1) is 49.0. The minimum absolute atomic E-state index is 0.102. The Bertz CT molecular complexity index is 1930. The van der Waals surface area contributed by atoms with Crippen LogP contribution in [0.25, 0.3) is 0 Å². The number of hydrogen-bond donors (Lipinski definition) is 3. The van der Waals surface area contributed by atoms with E-state index in [4.69, 9.17) is 37.0 Å². The molecule has 19 heteroatoms. The molecule has 0 aliphatic heterocycles. The summed E-state index contributed by atoms with van der Waals surface area (Å²) in [5.41, 5.74) is 0. The van der Waals surface area contributed by atoms with E-state index in [2.05, 4.69) is 34.6 Å². The average Bonchev–Trinajstić information content (AvgIpc) is 0.985. The van der Waals surface area contributed by atoms with Gasteiger partial charge in [-0.3, -0.25) is 37.3 Å². The molecule has 0 rings (SSSR count). The third kappa shape index (κ3) is 76.1. The Hall–Kier alpha value is -1.94. The standard InChI is InChI=1S/C82H160O17P2/c1-6-9-12-15-18-21-23-25-27-29-31-33-35-37-39-41-43-45-47-50-56-61-66-80(85)93-71-77(98-81(86)67-62-57-51-48-46-44-42-40-38-36-34-32-30-28-26-24-22-19-16-13-10-7-2)73-96-100(88,89)94-69-76(83)70-95-101(90,91)97-74-78(72-92-79(84)65-60-55-49-20-17-14-11-8-3)99-82(87)68-63-58-53-52-54-59-64-75(4)5/h75-78,83H,6-74H2,1-5H3,(H,88,89)(H,90,91)/t76-,77-,78-/m1/s1. The molecule has 0 saturated carbocycles. The van der Waals surface area contributed by atoms with Gasteiger partial charge in [0.1, 0.15) is 19.3 Å². The molecule has 5 atom stereocenters. The molecule has 101 heavy (non-hydrogen) atoms. The van der Waals surface area contributed by atoms with Crippen LogP contribution in [-0.2, 0) is 65.4 Å². The fourth-order valence-electron chi connectivity index (χ4n) is 12.8. The number of aliphatic hydroxyl groups excluding tert-OH is 1. The first-order valence-corrected chi connectivity index (χ1v) is 45.6. The van der Waals surface area contributed by atoms with Crippen LogP contribution in [0.1, 0.15) is 439 Å². The second-order valence-corrected chi connectivity index (χ2v) is 32.9. The first kappa shape index (κ1) is 99.1. The maximum absolute atomic E-state index is 13.1. The molecular weight excluding hydrogens is 1320 g/mol. The topological polar surface area (TPSA) is 237 Å². The summed E-state index contributed by atoms with van der Waals surface area (Å²) in [6.45, 7) is 7.19. The highest BCUT2D eigenvalue weighted by molar-refractivity contribution is 7.47. The molecule has 0 aliphatic carbocycles. The van der Waals surface area contributed by atoms with Gasteiger partial charge in [0.25, 0.3) is 0 Å². The Morgan fingerprint density at radius 1 is 0.267 bits per heavy atom. The molecule has 0 amide bonds. The minimum atomic E-state index is -4.96. The van der Waals surface area contributed by atoms with E-state index in [0.29, 0.717) is 31.6 Å². The SMILES string of the molecule is CCCCCCCCCCCCCCCCCCCCCCCCC(=O)OC[C@H](COP(=O)(O)OC[C@@H](O)COP(=O)(O)OC[C@@H](COC(=O)CCCCCCCCCC)OC(=O)CCCCCCCCC(C)C)OC(=O)CCCCCCCCCCCCCCCCCCCCCCCC. The van der Waals surface area contributed by atoms with Crippen LogP contribution in [0, 0.1) is 5.92 Å².